The van der Waals surface area contributed by atoms with Gasteiger partial charge in [0, 0.05) is 25.2 Å². The van der Waals surface area contributed by atoms with E-state index in [-0.39, 0.29) is 37.8 Å². The predicted molar refractivity (Wildman–Crippen MR) is 98.9 cm³/mol. The van der Waals surface area contributed by atoms with Crippen LogP contribution >= 0.6 is 0 Å². The van der Waals surface area contributed by atoms with Gasteiger partial charge in [-0.05, 0) is 30.2 Å². The Kier molecular flexibility index (Phi) is 7.08. The highest BCUT2D eigenvalue weighted by Gasteiger charge is 2.37. The van der Waals surface area contributed by atoms with Crippen molar-refractivity contribution in [1.29, 1.82) is 0 Å². The molecule has 3 amide bonds. The molecule has 2 atom stereocenters. The summed E-state index contributed by atoms with van der Waals surface area (Å²) < 4.78 is 13.1. The Balaban J connectivity index is 1.98. The second-order valence-electron chi connectivity index (χ2n) is 7.05. The number of hydrogen-bond donors (Lipinski definition) is 3. The summed E-state index contributed by atoms with van der Waals surface area (Å²) >= 11 is 0. The Hall–Kier alpha value is -2.97. The largest absolute Gasteiger partial charge is 0.481 e. The number of carboxylic acids is 1. The van der Waals surface area contributed by atoms with Crippen LogP contribution in [0.15, 0.2) is 24.3 Å². The van der Waals surface area contributed by atoms with E-state index in [9.17, 15) is 23.6 Å². The van der Waals surface area contributed by atoms with Crippen molar-refractivity contribution in [3.05, 3.63) is 30.1 Å². The van der Waals surface area contributed by atoms with Gasteiger partial charge in [-0.25, -0.2) is 4.39 Å². The zero-order valence-electron chi connectivity index (χ0n) is 15.8. The number of hydrogen-bond acceptors (Lipinski definition) is 4. The molecule has 0 aromatic heterocycles. The maximum Gasteiger partial charge on any atom is 0.305 e. The molecule has 0 spiro atoms. The van der Waals surface area contributed by atoms with Crippen molar-refractivity contribution < 1.29 is 28.7 Å². The first-order valence-electron chi connectivity index (χ1n) is 9.05. The number of nitrogens with one attached hydrogen (secondary N) is 2. The molecule has 2 rings (SSSR count). The molecule has 152 valence electrons. The molecule has 1 aliphatic heterocycles. The first kappa shape index (κ1) is 21.3. The van der Waals surface area contributed by atoms with Crippen molar-refractivity contribution >= 4 is 29.4 Å². The highest BCUT2D eigenvalue weighted by molar-refractivity contribution is 6.01. The van der Waals surface area contributed by atoms with Crippen molar-refractivity contribution in [2.75, 3.05) is 18.0 Å². The number of anilines is 1. The molecule has 1 heterocycles. The second kappa shape index (κ2) is 9.29. The van der Waals surface area contributed by atoms with Crippen molar-refractivity contribution in [1.82, 2.24) is 10.6 Å². The van der Waals surface area contributed by atoms with E-state index in [2.05, 4.69) is 10.6 Å². The van der Waals surface area contributed by atoms with Crippen LogP contribution in [0.25, 0.3) is 0 Å². The quantitative estimate of drug-likeness (QED) is 0.607. The van der Waals surface area contributed by atoms with Gasteiger partial charge < -0.3 is 20.6 Å². The van der Waals surface area contributed by atoms with Crippen LogP contribution < -0.4 is 15.5 Å². The van der Waals surface area contributed by atoms with Crippen LogP contribution in [0.2, 0.25) is 0 Å². The lowest BCUT2D eigenvalue weighted by molar-refractivity contribution is -0.137. The van der Waals surface area contributed by atoms with Gasteiger partial charge in [-0.2, -0.15) is 0 Å². The number of nitrogens with zero attached hydrogens (tertiary/aromatic N) is 1. The predicted octanol–water partition coefficient (Wildman–Crippen LogP) is 0.910. The minimum Gasteiger partial charge on any atom is -0.481 e. The molecule has 9 heteroatoms. The van der Waals surface area contributed by atoms with Gasteiger partial charge in [0.25, 0.3) is 0 Å². The molecular formula is C19H24FN3O5. The van der Waals surface area contributed by atoms with Gasteiger partial charge in [0.05, 0.1) is 12.3 Å². The SMILES string of the molecule is CC(C)[C@H](NC(=O)C1CC(=O)N(c2ccc(F)cc2)C1)C(=O)NCCC(=O)O. The minimum absolute atomic E-state index is 0.00530. The third-order valence-electron chi connectivity index (χ3n) is 4.52. The van der Waals surface area contributed by atoms with Gasteiger partial charge in [-0.1, -0.05) is 13.8 Å². The van der Waals surface area contributed by atoms with E-state index < -0.39 is 35.6 Å². The van der Waals surface area contributed by atoms with E-state index in [1.54, 1.807) is 13.8 Å². The molecular weight excluding hydrogens is 369 g/mol. The fraction of sp³-hybridized carbons (Fsp3) is 0.474. The van der Waals surface area contributed by atoms with Crippen LogP contribution in [0.3, 0.4) is 0 Å². The summed E-state index contributed by atoms with van der Waals surface area (Å²) in [6.07, 6.45) is -0.219. The lowest BCUT2D eigenvalue weighted by atomic mass is 10.0. The lowest BCUT2D eigenvalue weighted by Gasteiger charge is -2.23. The van der Waals surface area contributed by atoms with Gasteiger partial charge in [0.2, 0.25) is 17.7 Å². The molecule has 1 aliphatic rings. The molecule has 3 N–H and O–H groups in total. The van der Waals surface area contributed by atoms with Crippen molar-refractivity contribution in [2.24, 2.45) is 11.8 Å². The average molecular weight is 393 g/mol. The van der Waals surface area contributed by atoms with Crippen LogP contribution in [0.1, 0.15) is 26.7 Å². The zero-order valence-corrected chi connectivity index (χ0v) is 15.8. The zero-order chi connectivity index (χ0) is 20.8. The summed E-state index contributed by atoms with van der Waals surface area (Å²) in [5.41, 5.74) is 0.508. The summed E-state index contributed by atoms with van der Waals surface area (Å²) in [7, 11) is 0. The monoisotopic (exact) mass is 393 g/mol. The molecule has 1 fully saturated rings. The highest BCUT2D eigenvalue weighted by atomic mass is 19.1. The van der Waals surface area contributed by atoms with E-state index in [1.807, 2.05) is 0 Å². The summed E-state index contributed by atoms with van der Waals surface area (Å²) in [6, 6.07) is 4.59. The first-order chi connectivity index (χ1) is 13.2. The van der Waals surface area contributed by atoms with Gasteiger partial charge in [-0.3, -0.25) is 19.2 Å². The van der Waals surface area contributed by atoms with Crippen molar-refractivity contribution in [3.8, 4) is 0 Å². The normalized spacial score (nSPS) is 17.5. The summed E-state index contributed by atoms with van der Waals surface area (Å²) in [5, 5.41) is 13.8. The Morgan fingerprint density at radius 2 is 1.89 bits per heavy atom. The van der Waals surface area contributed by atoms with E-state index >= 15 is 0 Å². The molecule has 0 saturated carbocycles. The van der Waals surface area contributed by atoms with Crippen LogP contribution in [0.5, 0.6) is 0 Å². The maximum absolute atomic E-state index is 13.1. The second-order valence-corrected chi connectivity index (χ2v) is 7.05. The number of carbonyl (C=O) groups excluding carboxylic acids is 3. The van der Waals surface area contributed by atoms with Crippen LogP contribution in [-0.2, 0) is 19.2 Å². The minimum atomic E-state index is -1.03. The Morgan fingerprint density at radius 1 is 1.25 bits per heavy atom. The molecule has 1 aromatic rings. The number of amides is 3. The Labute approximate surface area is 162 Å². The van der Waals surface area contributed by atoms with Gasteiger partial charge in [-0.15, -0.1) is 0 Å². The Morgan fingerprint density at radius 3 is 2.46 bits per heavy atom. The summed E-state index contributed by atoms with van der Waals surface area (Å²) in [6.45, 7) is 3.62. The van der Waals surface area contributed by atoms with E-state index in [4.69, 9.17) is 5.11 Å². The number of halogens is 1. The van der Waals surface area contributed by atoms with Crippen molar-refractivity contribution in [2.45, 2.75) is 32.7 Å². The number of rotatable bonds is 8. The third-order valence-corrected chi connectivity index (χ3v) is 4.52. The van der Waals surface area contributed by atoms with E-state index in [0.29, 0.717) is 5.69 Å². The molecule has 1 unspecified atom stereocenters. The fourth-order valence-corrected chi connectivity index (χ4v) is 2.96. The van der Waals surface area contributed by atoms with Gasteiger partial charge in [0.1, 0.15) is 11.9 Å². The smallest absolute Gasteiger partial charge is 0.305 e. The van der Waals surface area contributed by atoms with Crippen LogP contribution in [0.4, 0.5) is 10.1 Å². The molecule has 0 aliphatic carbocycles. The standard InChI is InChI=1S/C19H24FN3O5/c1-11(2)17(19(28)21-8-7-16(25)26)22-18(27)12-9-15(24)23(10-12)14-5-3-13(20)4-6-14/h3-6,11-12,17H,7-10H2,1-2H3,(H,21,28)(H,22,27)(H,25,26)/t12?,17-/m0/s1. The number of aliphatic carboxylic acids is 1. The molecule has 1 saturated heterocycles. The van der Waals surface area contributed by atoms with Crippen LogP contribution in [-0.4, -0.2) is 47.9 Å². The molecule has 0 radical (unpaired) electrons. The molecule has 0 bridgehead atoms. The van der Waals surface area contributed by atoms with E-state index in [0.717, 1.165) is 0 Å². The highest BCUT2D eigenvalue weighted by Crippen LogP contribution is 2.25. The number of benzene rings is 1. The third kappa shape index (κ3) is 5.51. The van der Waals surface area contributed by atoms with E-state index in [1.165, 1.54) is 29.2 Å². The molecule has 8 nitrogen and oxygen atoms in total. The van der Waals surface area contributed by atoms with Crippen molar-refractivity contribution in [3.63, 3.8) is 0 Å². The summed E-state index contributed by atoms with van der Waals surface area (Å²) in [4.78, 5) is 49.1. The number of carboxylic acid groups (broad SMARTS) is 1. The van der Waals surface area contributed by atoms with Gasteiger partial charge >= 0.3 is 5.97 Å². The van der Waals surface area contributed by atoms with Gasteiger partial charge in [0.15, 0.2) is 0 Å². The number of carbonyl (C=O) groups is 4. The lowest BCUT2D eigenvalue weighted by Crippen LogP contribution is -2.51. The molecule has 1 aromatic carbocycles. The van der Waals surface area contributed by atoms with Crippen LogP contribution in [0, 0.1) is 17.7 Å². The first-order valence-corrected chi connectivity index (χ1v) is 9.05. The summed E-state index contributed by atoms with van der Waals surface area (Å²) in [5.74, 6) is -3.45. The Bertz CT molecular complexity index is 750. The average Bonchev–Trinajstić information content (AvgIpc) is 3.01. The molecule has 28 heavy (non-hydrogen) atoms. The topological polar surface area (TPSA) is 116 Å². The fourth-order valence-electron chi connectivity index (χ4n) is 2.96. The maximum atomic E-state index is 13.1.